The Hall–Kier alpha value is -1.36. The molecule has 2 rings (SSSR count). The van der Waals surface area contributed by atoms with Gasteiger partial charge in [0, 0.05) is 24.0 Å². The number of likely N-dealkylation sites (tertiary alicyclic amines) is 1. The number of nitrogens with zero attached hydrogens (tertiary/aromatic N) is 1. The number of nitrogens with one attached hydrogen (secondary N) is 1. The predicted molar refractivity (Wildman–Crippen MR) is 90.2 cm³/mol. The first kappa shape index (κ1) is 17.0. The third-order valence-corrected chi connectivity index (χ3v) is 4.37. The summed E-state index contributed by atoms with van der Waals surface area (Å²) >= 11 is 3.44. The van der Waals surface area contributed by atoms with Gasteiger partial charge in [-0.3, -0.25) is 9.59 Å². The van der Waals surface area contributed by atoms with E-state index in [-0.39, 0.29) is 23.8 Å². The van der Waals surface area contributed by atoms with Crippen LogP contribution in [-0.4, -0.2) is 29.8 Å². The lowest BCUT2D eigenvalue weighted by atomic mass is 10.1. The molecule has 4 nitrogen and oxygen atoms in total. The fourth-order valence-corrected chi connectivity index (χ4v) is 3.17. The second-order valence-electron chi connectivity index (χ2n) is 6.38. The van der Waals surface area contributed by atoms with E-state index in [9.17, 15) is 9.59 Å². The zero-order valence-electron chi connectivity index (χ0n) is 13.3. The number of halogens is 1. The highest BCUT2D eigenvalue weighted by molar-refractivity contribution is 9.10. The van der Waals surface area contributed by atoms with E-state index in [1.807, 2.05) is 31.2 Å². The number of amides is 2. The maximum atomic E-state index is 12.4. The number of carbonyl (C=O) groups excluding carboxylic acids is 2. The van der Waals surface area contributed by atoms with Gasteiger partial charge in [-0.2, -0.15) is 0 Å². The van der Waals surface area contributed by atoms with Gasteiger partial charge in [-0.25, -0.2) is 0 Å². The van der Waals surface area contributed by atoms with Gasteiger partial charge in [-0.1, -0.05) is 41.9 Å². The third-order valence-electron chi connectivity index (χ3n) is 3.88. The van der Waals surface area contributed by atoms with Gasteiger partial charge >= 0.3 is 0 Å². The largest absolute Gasteiger partial charge is 0.349 e. The van der Waals surface area contributed by atoms with Gasteiger partial charge in [0.05, 0.1) is 12.0 Å². The van der Waals surface area contributed by atoms with Crippen molar-refractivity contribution in [3.8, 4) is 0 Å². The Balaban J connectivity index is 1.94. The quantitative estimate of drug-likeness (QED) is 0.869. The van der Waals surface area contributed by atoms with Crippen molar-refractivity contribution in [3.05, 3.63) is 34.3 Å². The van der Waals surface area contributed by atoms with Crippen LogP contribution in [0.5, 0.6) is 0 Å². The fraction of sp³-hybridized carbons (Fsp3) is 0.529. The SMILES string of the molecule is CC(C)CN1C[C@@H](C(=O)N[C@@H](C)c2cccc(Br)c2)CC1=O. The lowest BCUT2D eigenvalue weighted by Crippen LogP contribution is -2.35. The van der Waals surface area contributed by atoms with E-state index in [4.69, 9.17) is 0 Å². The molecule has 1 aromatic carbocycles. The highest BCUT2D eigenvalue weighted by atomic mass is 79.9. The summed E-state index contributed by atoms with van der Waals surface area (Å²) in [4.78, 5) is 26.2. The summed E-state index contributed by atoms with van der Waals surface area (Å²) in [5.74, 6) is 0.239. The summed E-state index contributed by atoms with van der Waals surface area (Å²) in [5.41, 5.74) is 1.05. The number of benzene rings is 1. The minimum Gasteiger partial charge on any atom is -0.349 e. The van der Waals surface area contributed by atoms with Gasteiger partial charge in [-0.15, -0.1) is 0 Å². The first-order valence-corrected chi connectivity index (χ1v) is 8.49. The minimum atomic E-state index is -0.235. The number of hydrogen-bond donors (Lipinski definition) is 1. The molecule has 22 heavy (non-hydrogen) atoms. The molecule has 5 heteroatoms. The summed E-state index contributed by atoms with van der Waals surface area (Å²) in [6.45, 7) is 7.38. The average molecular weight is 367 g/mol. The number of rotatable bonds is 5. The normalized spacial score (nSPS) is 19.6. The molecule has 1 aliphatic rings. The Morgan fingerprint density at radius 1 is 1.41 bits per heavy atom. The Morgan fingerprint density at radius 2 is 2.14 bits per heavy atom. The van der Waals surface area contributed by atoms with Crippen LogP contribution in [0.1, 0.15) is 38.8 Å². The Bertz CT molecular complexity index is 559. The van der Waals surface area contributed by atoms with Gasteiger partial charge in [0.2, 0.25) is 11.8 Å². The Labute approximate surface area is 140 Å². The molecule has 0 aliphatic carbocycles. The summed E-state index contributed by atoms with van der Waals surface area (Å²) < 4.78 is 0.991. The molecule has 1 aliphatic heterocycles. The highest BCUT2D eigenvalue weighted by Crippen LogP contribution is 2.22. The molecule has 1 N–H and O–H groups in total. The van der Waals surface area contributed by atoms with Crippen LogP contribution in [0.4, 0.5) is 0 Å². The van der Waals surface area contributed by atoms with E-state index in [0.29, 0.717) is 18.9 Å². The zero-order valence-corrected chi connectivity index (χ0v) is 14.9. The molecule has 0 bridgehead atoms. The maximum absolute atomic E-state index is 12.4. The van der Waals surface area contributed by atoms with Crippen LogP contribution < -0.4 is 5.32 Å². The second kappa shape index (κ2) is 7.27. The molecule has 0 saturated carbocycles. The van der Waals surface area contributed by atoms with Crippen molar-refractivity contribution >= 4 is 27.7 Å². The highest BCUT2D eigenvalue weighted by Gasteiger charge is 2.34. The number of hydrogen-bond acceptors (Lipinski definition) is 2. The molecule has 0 unspecified atom stereocenters. The van der Waals surface area contributed by atoms with E-state index in [1.54, 1.807) is 4.90 Å². The fourth-order valence-electron chi connectivity index (χ4n) is 2.76. The van der Waals surface area contributed by atoms with E-state index >= 15 is 0 Å². The van der Waals surface area contributed by atoms with Crippen LogP contribution in [0.2, 0.25) is 0 Å². The molecular weight excluding hydrogens is 344 g/mol. The monoisotopic (exact) mass is 366 g/mol. The molecule has 0 spiro atoms. The summed E-state index contributed by atoms with van der Waals surface area (Å²) in [6.07, 6.45) is 0.323. The Morgan fingerprint density at radius 3 is 2.77 bits per heavy atom. The summed E-state index contributed by atoms with van der Waals surface area (Å²) in [7, 11) is 0. The molecular formula is C17H23BrN2O2. The van der Waals surface area contributed by atoms with Gasteiger partial charge in [-0.05, 0) is 30.5 Å². The summed E-state index contributed by atoms with van der Waals surface area (Å²) in [6, 6.07) is 7.82. The topological polar surface area (TPSA) is 49.4 Å². The van der Waals surface area contributed by atoms with Crippen molar-refractivity contribution in [2.75, 3.05) is 13.1 Å². The first-order valence-electron chi connectivity index (χ1n) is 7.70. The Kier molecular flexibility index (Phi) is 5.62. The van der Waals surface area contributed by atoms with Gasteiger partial charge in [0.15, 0.2) is 0 Å². The summed E-state index contributed by atoms with van der Waals surface area (Å²) in [5, 5.41) is 3.02. The van der Waals surface area contributed by atoms with E-state index in [1.165, 1.54) is 0 Å². The first-order chi connectivity index (χ1) is 10.4. The predicted octanol–water partition coefficient (Wildman–Crippen LogP) is 3.13. The van der Waals surface area contributed by atoms with Crippen LogP contribution in [-0.2, 0) is 9.59 Å². The van der Waals surface area contributed by atoms with Crippen molar-refractivity contribution in [2.24, 2.45) is 11.8 Å². The molecule has 0 radical (unpaired) electrons. The van der Waals surface area contributed by atoms with E-state index in [0.717, 1.165) is 16.6 Å². The second-order valence-corrected chi connectivity index (χ2v) is 7.29. The van der Waals surface area contributed by atoms with Crippen LogP contribution in [0.25, 0.3) is 0 Å². The van der Waals surface area contributed by atoms with E-state index in [2.05, 4.69) is 35.1 Å². The zero-order chi connectivity index (χ0) is 16.3. The molecule has 1 fully saturated rings. The standard InChI is InChI=1S/C17H23BrN2O2/c1-11(2)9-20-10-14(8-16(20)21)17(22)19-12(3)13-5-4-6-15(18)7-13/h4-7,11-12,14H,8-10H2,1-3H3,(H,19,22)/t12-,14-/m0/s1. The van der Waals surface area contributed by atoms with Crippen molar-refractivity contribution < 1.29 is 9.59 Å². The third kappa shape index (κ3) is 4.32. The molecule has 1 heterocycles. The van der Waals surface area contributed by atoms with Crippen LogP contribution in [0.3, 0.4) is 0 Å². The van der Waals surface area contributed by atoms with Crippen molar-refractivity contribution in [3.63, 3.8) is 0 Å². The molecule has 2 amide bonds. The van der Waals surface area contributed by atoms with Crippen LogP contribution in [0.15, 0.2) is 28.7 Å². The maximum Gasteiger partial charge on any atom is 0.225 e. The van der Waals surface area contributed by atoms with Gasteiger partial charge in [0.1, 0.15) is 0 Å². The van der Waals surface area contributed by atoms with Crippen LogP contribution >= 0.6 is 15.9 Å². The smallest absolute Gasteiger partial charge is 0.225 e. The molecule has 1 saturated heterocycles. The van der Waals surface area contributed by atoms with Crippen molar-refractivity contribution in [1.29, 1.82) is 0 Å². The molecule has 2 atom stereocenters. The lowest BCUT2D eigenvalue weighted by Gasteiger charge is -2.20. The number of carbonyl (C=O) groups is 2. The lowest BCUT2D eigenvalue weighted by molar-refractivity contribution is -0.129. The molecule has 0 aromatic heterocycles. The van der Waals surface area contributed by atoms with Gasteiger partial charge < -0.3 is 10.2 Å². The van der Waals surface area contributed by atoms with Crippen LogP contribution in [0, 0.1) is 11.8 Å². The van der Waals surface area contributed by atoms with E-state index < -0.39 is 0 Å². The molecule has 120 valence electrons. The van der Waals surface area contributed by atoms with Crippen molar-refractivity contribution in [2.45, 2.75) is 33.2 Å². The van der Waals surface area contributed by atoms with Gasteiger partial charge in [0.25, 0.3) is 0 Å². The average Bonchev–Trinajstić information content (AvgIpc) is 2.79. The molecule has 1 aromatic rings. The van der Waals surface area contributed by atoms with Crippen molar-refractivity contribution in [1.82, 2.24) is 10.2 Å². The minimum absolute atomic E-state index is 0.0351.